The Labute approximate surface area is 150 Å². The van der Waals surface area contributed by atoms with Gasteiger partial charge in [-0.15, -0.1) is 11.6 Å². The Balaban J connectivity index is 5.05. The van der Waals surface area contributed by atoms with Gasteiger partial charge < -0.3 is 13.6 Å². The summed E-state index contributed by atoms with van der Waals surface area (Å²) in [6, 6.07) is 0. The highest BCUT2D eigenvalue weighted by Gasteiger charge is 2.21. The number of rotatable bonds is 12. The molecule has 0 spiro atoms. The average Bonchev–Trinajstić information content (AvgIpc) is 2.34. The first kappa shape index (κ1) is 22.6. The van der Waals surface area contributed by atoms with E-state index in [0.717, 1.165) is 37.3 Å². The van der Waals surface area contributed by atoms with E-state index in [0.29, 0.717) is 12.6 Å². The number of hydrogen-bond donors (Lipinski definition) is 0. The molecular weight excluding hydrogens is 344 g/mol. The minimum Gasteiger partial charge on any atom is -0.544 e. The molecule has 0 saturated carbocycles. The molecule has 0 unspecified atom stereocenters. The lowest BCUT2D eigenvalue weighted by Gasteiger charge is -2.24. The summed E-state index contributed by atoms with van der Waals surface area (Å²) in [6.45, 7) is 15.5. The predicted octanol–water partition coefficient (Wildman–Crippen LogP) is 6.25. The zero-order chi connectivity index (χ0) is 17.9. The zero-order valence-corrected chi connectivity index (χ0v) is 18.8. The third kappa shape index (κ3) is 14.9. The molecule has 23 heavy (non-hydrogen) atoms. The summed E-state index contributed by atoms with van der Waals surface area (Å²) >= 11 is 5.72. The summed E-state index contributed by atoms with van der Waals surface area (Å²) in [7, 11) is -3.39. The van der Waals surface area contributed by atoms with Crippen LogP contribution in [0.15, 0.2) is 23.9 Å². The third-order valence-electron chi connectivity index (χ3n) is 2.56. The Hall–Kier alpha value is -0.396. The number of alkyl halides is 1. The van der Waals surface area contributed by atoms with Crippen molar-refractivity contribution in [2.24, 2.45) is 0 Å². The maximum atomic E-state index is 6.19. The van der Waals surface area contributed by atoms with Gasteiger partial charge in [0.1, 0.15) is 5.76 Å². The van der Waals surface area contributed by atoms with Crippen LogP contribution in [0.1, 0.15) is 32.6 Å². The van der Waals surface area contributed by atoms with Crippen molar-refractivity contribution < 1.29 is 13.6 Å². The van der Waals surface area contributed by atoms with Gasteiger partial charge in [0.2, 0.25) is 16.6 Å². The normalized spacial score (nSPS) is 13.9. The maximum absolute atomic E-state index is 6.19. The van der Waals surface area contributed by atoms with E-state index < -0.39 is 16.6 Å². The summed E-state index contributed by atoms with van der Waals surface area (Å²) in [5, 5.41) is 0. The Kier molecular flexibility index (Phi) is 11.0. The summed E-state index contributed by atoms with van der Waals surface area (Å²) in [5.74, 6) is 2.19. The van der Waals surface area contributed by atoms with E-state index in [1.54, 1.807) is 0 Å². The van der Waals surface area contributed by atoms with E-state index in [1.165, 1.54) is 0 Å². The van der Waals surface area contributed by atoms with Crippen LogP contribution in [0, 0.1) is 0 Å². The smallest absolute Gasteiger partial charge is 0.268 e. The van der Waals surface area contributed by atoms with Gasteiger partial charge in [-0.3, -0.25) is 0 Å². The molecule has 0 heterocycles. The minimum absolute atomic E-state index is 0.580. The molecule has 0 aliphatic heterocycles. The van der Waals surface area contributed by atoms with E-state index in [2.05, 4.69) is 45.4 Å². The monoisotopic (exact) mass is 378 g/mol. The summed E-state index contributed by atoms with van der Waals surface area (Å²) in [5.41, 5.74) is 0. The van der Waals surface area contributed by atoms with Gasteiger partial charge in [-0.05, 0) is 71.5 Å². The van der Waals surface area contributed by atoms with Crippen molar-refractivity contribution in [3.8, 4) is 0 Å². The highest BCUT2D eigenvalue weighted by atomic mass is 35.5. The molecule has 0 rings (SSSR count). The van der Waals surface area contributed by atoms with Gasteiger partial charge in [-0.25, -0.2) is 0 Å². The van der Waals surface area contributed by atoms with Crippen LogP contribution in [0.4, 0.5) is 0 Å². The van der Waals surface area contributed by atoms with E-state index in [4.69, 9.17) is 25.2 Å². The van der Waals surface area contributed by atoms with Crippen molar-refractivity contribution in [3.63, 3.8) is 0 Å². The van der Waals surface area contributed by atoms with Gasteiger partial charge in [0.15, 0.2) is 0 Å². The molecule has 0 atom stereocenters. The van der Waals surface area contributed by atoms with Crippen molar-refractivity contribution in [1.82, 2.24) is 0 Å². The number of halogens is 1. The van der Waals surface area contributed by atoms with Crippen LogP contribution < -0.4 is 0 Å². The summed E-state index contributed by atoms with van der Waals surface area (Å²) < 4.78 is 17.9. The van der Waals surface area contributed by atoms with Gasteiger partial charge in [0.05, 0.1) is 12.7 Å². The Morgan fingerprint density at radius 3 is 2.00 bits per heavy atom. The van der Waals surface area contributed by atoms with Gasteiger partial charge >= 0.3 is 0 Å². The van der Waals surface area contributed by atoms with Gasteiger partial charge in [-0.2, -0.15) is 0 Å². The van der Waals surface area contributed by atoms with Crippen LogP contribution in [-0.2, 0) is 13.6 Å². The van der Waals surface area contributed by atoms with Crippen LogP contribution in [0.3, 0.4) is 0 Å². The summed E-state index contributed by atoms with van der Waals surface area (Å²) in [6.07, 6.45) is 8.39. The van der Waals surface area contributed by atoms with Crippen LogP contribution in [0.5, 0.6) is 0 Å². The van der Waals surface area contributed by atoms with Crippen molar-refractivity contribution in [1.29, 1.82) is 0 Å². The molecule has 6 heteroatoms. The van der Waals surface area contributed by atoms with Crippen LogP contribution in [-0.4, -0.2) is 29.1 Å². The average molecular weight is 379 g/mol. The lowest BCUT2D eigenvalue weighted by Crippen LogP contribution is -2.27. The fraction of sp³-hybridized carbons (Fsp3) is 0.765. The molecule has 0 saturated heterocycles. The van der Waals surface area contributed by atoms with Crippen molar-refractivity contribution in [2.45, 2.75) is 71.9 Å². The van der Waals surface area contributed by atoms with Gasteiger partial charge in [0, 0.05) is 5.88 Å². The van der Waals surface area contributed by atoms with Crippen molar-refractivity contribution in [2.75, 3.05) is 12.5 Å². The van der Waals surface area contributed by atoms with E-state index >= 15 is 0 Å². The van der Waals surface area contributed by atoms with Crippen molar-refractivity contribution >= 4 is 28.2 Å². The third-order valence-corrected chi connectivity index (χ3v) is 4.49. The second-order valence-corrected chi connectivity index (χ2v) is 16.7. The topological polar surface area (TPSA) is 27.7 Å². The molecule has 3 nitrogen and oxygen atoms in total. The lowest BCUT2D eigenvalue weighted by molar-refractivity contribution is 0.111. The molecular formula is C17H35ClO3Si2. The first-order chi connectivity index (χ1) is 10.6. The fourth-order valence-corrected chi connectivity index (χ4v) is 3.56. The number of ether oxygens (including phenoxy) is 1. The summed E-state index contributed by atoms with van der Waals surface area (Å²) in [4.78, 5) is 0. The van der Waals surface area contributed by atoms with Crippen LogP contribution in [0.2, 0.25) is 39.3 Å². The molecule has 136 valence electrons. The maximum Gasteiger partial charge on any atom is 0.268 e. The Bertz CT molecular complexity index is 382. The zero-order valence-electron chi connectivity index (χ0n) is 16.0. The first-order valence-electron chi connectivity index (χ1n) is 8.56. The van der Waals surface area contributed by atoms with E-state index in [1.807, 2.05) is 13.0 Å². The molecule has 0 radical (unpaired) electrons. The number of allylic oxidation sites excluding steroid dienone is 2. The fourth-order valence-electron chi connectivity index (χ4n) is 1.80. The standard InChI is InChI=1S/C17H35ClO3Si2/c1-8-19-17(21-23(5,6)7)15-16(20-22(2,3)4)13-11-9-10-12-14-18/h13,15H,8-12,14H2,1-7H3/b16-13-,17-15+. The molecule has 0 fully saturated rings. The number of hydrogen-bond acceptors (Lipinski definition) is 3. The highest BCUT2D eigenvalue weighted by Crippen LogP contribution is 2.19. The second kappa shape index (κ2) is 11.2. The van der Waals surface area contributed by atoms with Crippen LogP contribution >= 0.6 is 11.6 Å². The quantitative estimate of drug-likeness (QED) is 0.132. The molecule has 0 bridgehead atoms. The molecule has 0 aromatic carbocycles. The molecule has 0 aromatic heterocycles. The molecule has 0 aliphatic carbocycles. The largest absolute Gasteiger partial charge is 0.544 e. The van der Waals surface area contributed by atoms with Gasteiger partial charge in [0.25, 0.3) is 5.95 Å². The number of unbranched alkanes of at least 4 members (excludes halogenated alkanes) is 3. The minimum atomic E-state index is -1.71. The lowest BCUT2D eigenvalue weighted by atomic mass is 10.2. The Morgan fingerprint density at radius 1 is 0.913 bits per heavy atom. The highest BCUT2D eigenvalue weighted by molar-refractivity contribution is 6.70. The van der Waals surface area contributed by atoms with E-state index in [-0.39, 0.29) is 0 Å². The Morgan fingerprint density at radius 2 is 1.52 bits per heavy atom. The molecule has 0 aliphatic rings. The van der Waals surface area contributed by atoms with Gasteiger partial charge in [-0.1, -0.05) is 6.42 Å². The predicted molar refractivity (Wildman–Crippen MR) is 106 cm³/mol. The molecule has 0 amide bonds. The molecule has 0 aromatic rings. The van der Waals surface area contributed by atoms with Crippen LogP contribution in [0.25, 0.3) is 0 Å². The SMILES string of the molecule is CCO/C(=C\C(=C\CCCCCCl)O[Si](C)(C)C)O[Si](C)(C)C. The first-order valence-corrected chi connectivity index (χ1v) is 15.9. The second-order valence-electron chi connectivity index (χ2n) is 7.47. The van der Waals surface area contributed by atoms with Crippen molar-refractivity contribution in [3.05, 3.63) is 23.9 Å². The van der Waals surface area contributed by atoms with E-state index in [9.17, 15) is 0 Å². The molecule has 0 N–H and O–H groups in total.